The van der Waals surface area contributed by atoms with E-state index in [2.05, 4.69) is 23.9 Å². The second-order valence-corrected chi connectivity index (χ2v) is 4.84. The number of rotatable bonds is 1. The lowest BCUT2D eigenvalue weighted by Gasteiger charge is -2.38. The zero-order valence-electron chi connectivity index (χ0n) is 9.58. The summed E-state index contributed by atoms with van der Waals surface area (Å²) in [5.41, 5.74) is 1.08. The average molecular weight is 243 g/mol. The Morgan fingerprint density at radius 1 is 1.31 bits per heavy atom. The first-order valence-corrected chi connectivity index (χ1v) is 5.79. The van der Waals surface area contributed by atoms with Crippen molar-refractivity contribution in [1.82, 2.24) is 9.80 Å². The number of likely N-dealkylation sites (N-methyl/N-ethyl adjacent to an activating group) is 2. The minimum absolute atomic E-state index is 0.208. The third kappa shape index (κ3) is 2.37. The van der Waals surface area contributed by atoms with E-state index in [1.807, 2.05) is 6.07 Å². The molecule has 1 atom stereocenters. The molecule has 2 rings (SSSR count). The number of benzene rings is 1. The monoisotopic (exact) mass is 242 g/mol. The molecule has 16 heavy (non-hydrogen) atoms. The van der Waals surface area contributed by atoms with Crippen molar-refractivity contribution in [3.05, 3.63) is 34.6 Å². The lowest BCUT2D eigenvalue weighted by molar-refractivity contribution is 0.115. The van der Waals surface area contributed by atoms with Crippen molar-refractivity contribution in [2.45, 2.75) is 6.04 Å². The number of halogens is 2. The first kappa shape index (κ1) is 11.8. The van der Waals surface area contributed by atoms with Crippen LogP contribution < -0.4 is 0 Å². The zero-order chi connectivity index (χ0) is 11.7. The molecule has 0 aromatic heterocycles. The van der Waals surface area contributed by atoms with Gasteiger partial charge in [0, 0.05) is 25.7 Å². The molecule has 0 N–H and O–H groups in total. The van der Waals surface area contributed by atoms with Crippen LogP contribution in [0.4, 0.5) is 4.39 Å². The van der Waals surface area contributed by atoms with Gasteiger partial charge >= 0.3 is 0 Å². The SMILES string of the molecule is CN1CCN(C)C(c2ccc(F)c(Cl)c2)C1. The quantitative estimate of drug-likeness (QED) is 0.746. The molecule has 0 bridgehead atoms. The Kier molecular flexibility index (Phi) is 3.47. The Bertz CT molecular complexity index is 383. The highest BCUT2D eigenvalue weighted by Gasteiger charge is 2.23. The van der Waals surface area contributed by atoms with E-state index in [1.165, 1.54) is 6.07 Å². The highest BCUT2D eigenvalue weighted by molar-refractivity contribution is 6.30. The van der Waals surface area contributed by atoms with Gasteiger partial charge in [-0.15, -0.1) is 0 Å². The fraction of sp³-hybridized carbons (Fsp3) is 0.500. The summed E-state index contributed by atoms with van der Waals surface area (Å²) in [7, 11) is 4.19. The second-order valence-electron chi connectivity index (χ2n) is 4.43. The molecule has 0 amide bonds. The Morgan fingerprint density at radius 3 is 2.75 bits per heavy atom. The fourth-order valence-corrected chi connectivity index (χ4v) is 2.28. The topological polar surface area (TPSA) is 6.48 Å². The fourth-order valence-electron chi connectivity index (χ4n) is 2.09. The van der Waals surface area contributed by atoms with Gasteiger partial charge in [0.05, 0.1) is 5.02 Å². The van der Waals surface area contributed by atoms with Gasteiger partial charge in [0.1, 0.15) is 5.82 Å². The van der Waals surface area contributed by atoms with Crippen molar-refractivity contribution in [3.63, 3.8) is 0 Å². The van der Waals surface area contributed by atoms with Gasteiger partial charge < -0.3 is 4.90 Å². The van der Waals surface area contributed by atoms with Gasteiger partial charge in [0.25, 0.3) is 0 Å². The molecule has 1 heterocycles. The van der Waals surface area contributed by atoms with E-state index in [1.54, 1.807) is 6.07 Å². The predicted molar refractivity (Wildman–Crippen MR) is 64.3 cm³/mol. The van der Waals surface area contributed by atoms with E-state index in [-0.39, 0.29) is 10.8 Å². The summed E-state index contributed by atoms with van der Waals surface area (Å²) in [4.78, 5) is 4.56. The highest BCUT2D eigenvalue weighted by Crippen LogP contribution is 2.26. The number of nitrogens with zero attached hydrogens (tertiary/aromatic N) is 2. The first-order chi connectivity index (χ1) is 7.58. The summed E-state index contributed by atoms with van der Waals surface area (Å²) >= 11 is 5.81. The van der Waals surface area contributed by atoms with Gasteiger partial charge in [0.2, 0.25) is 0 Å². The molecule has 0 saturated carbocycles. The molecule has 0 radical (unpaired) electrons. The minimum Gasteiger partial charge on any atom is -0.303 e. The molecule has 1 aliphatic rings. The summed E-state index contributed by atoms with van der Waals surface area (Å²) in [6.07, 6.45) is 0. The van der Waals surface area contributed by atoms with Crippen molar-refractivity contribution in [3.8, 4) is 0 Å². The Hall–Kier alpha value is -0.640. The van der Waals surface area contributed by atoms with Crippen LogP contribution in [0.1, 0.15) is 11.6 Å². The van der Waals surface area contributed by atoms with Gasteiger partial charge in [-0.1, -0.05) is 17.7 Å². The Labute approximate surface area is 101 Å². The Balaban J connectivity index is 2.24. The maximum absolute atomic E-state index is 13.1. The van der Waals surface area contributed by atoms with E-state index < -0.39 is 0 Å². The van der Waals surface area contributed by atoms with E-state index in [0.29, 0.717) is 6.04 Å². The van der Waals surface area contributed by atoms with Crippen LogP contribution >= 0.6 is 11.6 Å². The van der Waals surface area contributed by atoms with Crippen molar-refractivity contribution in [2.75, 3.05) is 33.7 Å². The maximum atomic E-state index is 13.1. The molecule has 4 heteroatoms. The van der Waals surface area contributed by atoms with Gasteiger partial charge in [-0.2, -0.15) is 0 Å². The molecule has 1 aromatic rings. The largest absolute Gasteiger partial charge is 0.303 e. The van der Waals surface area contributed by atoms with Crippen LogP contribution in [0.3, 0.4) is 0 Å². The molecular weight excluding hydrogens is 227 g/mol. The van der Waals surface area contributed by atoms with Crippen LogP contribution in [-0.4, -0.2) is 43.5 Å². The molecule has 2 nitrogen and oxygen atoms in total. The molecule has 88 valence electrons. The molecule has 1 unspecified atom stereocenters. The molecule has 1 aliphatic heterocycles. The average Bonchev–Trinajstić information content (AvgIpc) is 2.26. The minimum atomic E-state index is -0.350. The lowest BCUT2D eigenvalue weighted by atomic mass is 10.0. The normalized spacial score (nSPS) is 23.6. The van der Waals surface area contributed by atoms with Gasteiger partial charge in [-0.3, -0.25) is 4.90 Å². The summed E-state index contributed by atoms with van der Waals surface area (Å²) < 4.78 is 13.1. The molecule has 0 aliphatic carbocycles. The van der Waals surface area contributed by atoms with Crippen molar-refractivity contribution < 1.29 is 4.39 Å². The highest BCUT2D eigenvalue weighted by atomic mass is 35.5. The molecule has 1 fully saturated rings. The van der Waals surface area contributed by atoms with Crippen LogP contribution in [-0.2, 0) is 0 Å². The summed E-state index contributed by atoms with van der Waals surface area (Å²) in [5, 5.41) is 0.208. The van der Waals surface area contributed by atoms with Crippen LogP contribution in [0, 0.1) is 5.82 Å². The number of hydrogen-bond donors (Lipinski definition) is 0. The van der Waals surface area contributed by atoms with E-state index in [9.17, 15) is 4.39 Å². The smallest absolute Gasteiger partial charge is 0.141 e. The molecular formula is C12H16ClFN2. The first-order valence-electron chi connectivity index (χ1n) is 5.41. The van der Waals surface area contributed by atoms with Crippen LogP contribution in [0.5, 0.6) is 0 Å². The molecule has 1 saturated heterocycles. The van der Waals surface area contributed by atoms with Gasteiger partial charge in [-0.05, 0) is 31.8 Å². The zero-order valence-corrected chi connectivity index (χ0v) is 10.3. The second kappa shape index (κ2) is 4.70. The van der Waals surface area contributed by atoms with Crippen molar-refractivity contribution in [2.24, 2.45) is 0 Å². The van der Waals surface area contributed by atoms with Gasteiger partial charge in [0.15, 0.2) is 0 Å². The third-order valence-electron chi connectivity index (χ3n) is 3.18. The van der Waals surface area contributed by atoms with Gasteiger partial charge in [-0.25, -0.2) is 4.39 Å². The Morgan fingerprint density at radius 2 is 2.06 bits per heavy atom. The number of hydrogen-bond acceptors (Lipinski definition) is 2. The summed E-state index contributed by atoms with van der Waals surface area (Å²) in [6.45, 7) is 3.05. The maximum Gasteiger partial charge on any atom is 0.141 e. The van der Waals surface area contributed by atoms with Crippen LogP contribution in [0.2, 0.25) is 5.02 Å². The third-order valence-corrected chi connectivity index (χ3v) is 3.47. The standard InChI is InChI=1S/C12H16ClFN2/c1-15-5-6-16(2)12(8-15)9-3-4-11(14)10(13)7-9/h3-4,7,12H,5-6,8H2,1-2H3. The summed E-state index contributed by atoms with van der Waals surface area (Å²) in [5.74, 6) is -0.350. The number of piperazine rings is 1. The van der Waals surface area contributed by atoms with Crippen molar-refractivity contribution >= 4 is 11.6 Å². The van der Waals surface area contributed by atoms with E-state index in [0.717, 1.165) is 25.2 Å². The van der Waals surface area contributed by atoms with E-state index in [4.69, 9.17) is 11.6 Å². The van der Waals surface area contributed by atoms with Crippen LogP contribution in [0.15, 0.2) is 18.2 Å². The molecule has 0 spiro atoms. The van der Waals surface area contributed by atoms with Crippen LogP contribution in [0.25, 0.3) is 0 Å². The van der Waals surface area contributed by atoms with E-state index >= 15 is 0 Å². The summed E-state index contributed by atoms with van der Waals surface area (Å²) in [6, 6.07) is 5.30. The predicted octanol–water partition coefficient (Wildman–Crippen LogP) is 2.40. The molecule has 1 aromatic carbocycles. The van der Waals surface area contributed by atoms with Crippen molar-refractivity contribution in [1.29, 1.82) is 0 Å². The lowest BCUT2D eigenvalue weighted by Crippen LogP contribution is -2.44.